The Balaban J connectivity index is 1.56. The molecule has 10 nitrogen and oxygen atoms in total. The summed E-state index contributed by atoms with van der Waals surface area (Å²) in [7, 11) is 1.66. The monoisotopic (exact) mass is 457 g/mol. The molecule has 0 aliphatic carbocycles. The SMILES string of the molecule is Cn1c(=O)n(C2C(=O)CCNC2=O)c2cccc(CN3CCN(C(=O)OC(C)(C)C)CC3)c21. The van der Waals surface area contributed by atoms with Crippen molar-refractivity contribution in [3.05, 3.63) is 34.2 Å². The molecule has 0 saturated carbocycles. The number of ketones is 1. The Labute approximate surface area is 192 Å². The lowest BCUT2D eigenvalue weighted by molar-refractivity contribution is -0.135. The molecule has 1 aromatic heterocycles. The molecule has 1 unspecified atom stereocenters. The molecule has 178 valence electrons. The lowest BCUT2D eigenvalue weighted by Crippen LogP contribution is -2.49. The van der Waals surface area contributed by atoms with Gasteiger partial charge in [-0.15, -0.1) is 0 Å². The first-order chi connectivity index (χ1) is 15.6. The molecule has 10 heteroatoms. The summed E-state index contributed by atoms with van der Waals surface area (Å²) in [5, 5.41) is 2.69. The number of piperidine rings is 1. The number of aromatic nitrogens is 2. The van der Waals surface area contributed by atoms with Crippen molar-refractivity contribution in [2.24, 2.45) is 7.05 Å². The summed E-state index contributed by atoms with van der Waals surface area (Å²) in [4.78, 5) is 54.3. The van der Waals surface area contributed by atoms with E-state index in [4.69, 9.17) is 4.74 Å². The summed E-state index contributed by atoms with van der Waals surface area (Å²) in [6.45, 7) is 8.90. The quantitative estimate of drug-likeness (QED) is 0.690. The predicted molar refractivity (Wildman–Crippen MR) is 122 cm³/mol. The van der Waals surface area contributed by atoms with Crippen LogP contribution in [0, 0.1) is 0 Å². The predicted octanol–water partition coefficient (Wildman–Crippen LogP) is 1.02. The summed E-state index contributed by atoms with van der Waals surface area (Å²) in [6, 6.07) is 4.43. The Morgan fingerprint density at radius 3 is 2.45 bits per heavy atom. The molecular formula is C23H31N5O5. The summed E-state index contributed by atoms with van der Waals surface area (Å²) >= 11 is 0. The van der Waals surface area contributed by atoms with Gasteiger partial charge in [0.05, 0.1) is 11.0 Å². The van der Waals surface area contributed by atoms with Gasteiger partial charge in [0.15, 0.2) is 11.8 Å². The number of carbonyl (C=O) groups is 3. The minimum atomic E-state index is -1.14. The highest BCUT2D eigenvalue weighted by atomic mass is 16.6. The van der Waals surface area contributed by atoms with Crippen LogP contribution >= 0.6 is 0 Å². The number of piperazine rings is 1. The van der Waals surface area contributed by atoms with Crippen molar-refractivity contribution in [3.63, 3.8) is 0 Å². The van der Waals surface area contributed by atoms with Gasteiger partial charge in [-0.25, -0.2) is 9.59 Å². The number of para-hydroxylation sites is 1. The number of nitrogens with zero attached hydrogens (tertiary/aromatic N) is 4. The number of amides is 2. The van der Waals surface area contributed by atoms with Crippen molar-refractivity contribution in [2.45, 2.75) is 45.4 Å². The molecule has 3 heterocycles. The number of imidazole rings is 1. The molecular weight excluding hydrogens is 426 g/mol. The minimum absolute atomic E-state index is 0.209. The van der Waals surface area contributed by atoms with Gasteiger partial charge in [-0.05, 0) is 32.4 Å². The van der Waals surface area contributed by atoms with Crippen LogP contribution in [0.15, 0.2) is 23.0 Å². The molecule has 2 amide bonds. The minimum Gasteiger partial charge on any atom is -0.444 e. The number of carbonyl (C=O) groups excluding carboxylic acids is 3. The molecule has 2 aromatic rings. The normalized spacial score (nSPS) is 20.2. The maximum Gasteiger partial charge on any atom is 0.410 e. The first kappa shape index (κ1) is 23.0. The zero-order valence-corrected chi connectivity index (χ0v) is 19.6. The van der Waals surface area contributed by atoms with E-state index in [0.29, 0.717) is 50.3 Å². The standard InChI is InChI=1S/C23H31N5O5/c1-23(2,3)33-22(32)27-12-10-26(11-13-27)14-15-6-5-7-16-18(15)25(4)21(31)28(16)19-17(29)8-9-24-20(19)30/h5-7,19H,8-14H2,1-4H3,(H,24,30). The number of benzene rings is 1. The molecule has 4 rings (SSSR count). The molecule has 0 spiro atoms. The Bertz CT molecular complexity index is 1130. The number of Topliss-reactive ketones (excluding diaryl/α,β-unsaturated/α-hetero) is 1. The van der Waals surface area contributed by atoms with Crippen LogP contribution in [0.5, 0.6) is 0 Å². The zero-order chi connectivity index (χ0) is 23.9. The maximum atomic E-state index is 13.1. The second-order valence-electron chi connectivity index (χ2n) is 9.65. The average molecular weight is 458 g/mol. The van der Waals surface area contributed by atoms with E-state index >= 15 is 0 Å². The molecule has 2 aliphatic heterocycles. The van der Waals surface area contributed by atoms with Crippen LogP contribution in [0.1, 0.15) is 38.8 Å². The highest BCUT2D eigenvalue weighted by Crippen LogP contribution is 2.24. The molecule has 33 heavy (non-hydrogen) atoms. The summed E-state index contributed by atoms with van der Waals surface area (Å²) in [5.74, 6) is -0.693. The molecule has 2 aliphatic rings. The van der Waals surface area contributed by atoms with Crippen LogP contribution in [0.4, 0.5) is 4.79 Å². The van der Waals surface area contributed by atoms with Crippen LogP contribution in [-0.4, -0.2) is 75.0 Å². The van der Waals surface area contributed by atoms with Gasteiger partial charge < -0.3 is 15.0 Å². The zero-order valence-electron chi connectivity index (χ0n) is 19.6. The van der Waals surface area contributed by atoms with Crippen molar-refractivity contribution in [1.82, 2.24) is 24.3 Å². The van der Waals surface area contributed by atoms with Gasteiger partial charge in [0.2, 0.25) is 0 Å². The highest BCUT2D eigenvalue weighted by molar-refractivity contribution is 6.06. The molecule has 0 bridgehead atoms. The number of aryl methyl sites for hydroxylation is 1. The smallest absolute Gasteiger partial charge is 0.410 e. The van der Waals surface area contributed by atoms with E-state index in [1.54, 1.807) is 18.0 Å². The van der Waals surface area contributed by atoms with Crippen molar-refractivity contribution in [2.75, 3.05) is 32.7 Å². The maximum absolute atomic E-state index is 13.1. The fraction of sp³-hybridized carbons (Fsp3) is 0.565. The van der Waals surface area contributed by atoms with Gasteiger partial charge in [0, 0.05) is 52.7 Å². The number of fused-ring (bicyclic) bond motifs is 1. The molecule has 2 saturated heterocycles. The van der Waals surface area contributed by atoms with Gasteiger partial charge in [-0.3, -0.25) is 23.6 Å². The Morgan fingerprint density at radius 2 is 1.82 bits per heavy atom. The van der Waals surface area contributed by atoms with E-state index in [0.717, 1.165) is 5.56 Å². The number of ether oxygens (including phenoxy) is 1. The van der Waals surface area contributed by atoms with Gasteiger partial charge in [-0.2, -0.15) is 0 Å². The number of hydrogen-bond acceptors (Lipinski definition) is 6. The molecule has 1 atom stereocenters. The largest absolute Gasteiger partial charge is 0.444 e. The molecule has 1 aromatic carbocycles. The second-order valence-corrected chi connectivity index (χ2v) is 9.65. The molecule has 0 radical (unpaired) electrons. The number of hydrogen-bond donors (Lipinski definition) is 1. The van der Waals surface area contributed by atoms with E-state index in [1.165, 1.54) is 9.13 Å². The molecule has 1 N–H and O–H groups in total. The fourth-order valence-corrected chi connectivity index (χ4v) is 4.50. The van der Waals surface area contributed by atoms with E-state index in [2.05, 4.69) is 10.2 Å². The Kier molecular flexibility index (Phi) is 6.04. The van der Waals surface area contributed by atoms with Crippen molar-refractivity contribution < 1.29 is 19.1 Å². The Morgan fingerprint density at radius 1 is 1.12 bits per heavy atom. The first-order valence-electron chi connectivity index (χ1n) is 11.3. The van der Waals surface area contributed by atoms with E-state index in [9.17, 15) is 19.2 Å². The summed E-state index contributed by atoms with van der Waals surface area (Å²) < 4.78 is 8.29. The summed E-state index contributed by atoms with van der Waals surface area (Å²) in [5.41, 5.74) is 1.30. The number of nitrogens with one attached hydrogen (secondary N) is 1. The van der Waals surface area contributed by atoms with Crippen molar-refractivity contribution in [3.8, 4) is 0 Å². The van der Waals surface area contributed by atoms with Crippen molar-refractivity contribution >= 4 is 28.8 Å². The average Bonchev–Trinajstić information content (AvgIpc) is 2.99. The van der Waals surface area contributed by atoms with Crippen LogP contribution in [-0.2, 0) is 27.9 Å². The molecule has 2 fully saturated rings. The van der Waals surface area contributed by atoms with Gasteiger partial charge in [0.25, 0.3) is 5.91 Å². The first-order valence-corrected chi connectivity index (χ1v) is 11.3. The number of rotatable bonds is 3. The fourth-order valence-electron chi connectivity index (χ4n) is 4.50. The van der Waals surface area contributed by atoms with Gasteiger partial charge in [-0.1, -0.05) is 12.1 Å². The lowest BCUT2D eigenvalue weighted by atomic mass is 10.0. The lowest BCUT2D eigenvalue weighted by Gasteiger charge is -2.35. The van der Waals surface area contributed by atoms with E-state index < -0.39 is 17.6 Å². The second kappa shape index (κ2) is 8.66. The third-order valence-corrected chi connectivity index (χ3v) is 6.09. The van der Waals surface area contributed by atoms with Gasteiger partial charge in [0.1, 0.15) is 5.60 Å². The van der Waals surface area contributed by atoms with Crippen LogP contribution in [0.3, 0.4) is 0 Å². The topological polar surface area (TPSA) is 106 Å². The van der Waals surface area contributed by atoms with Gasteiger partial charge >= 0.3 is 11.8 Å². The van der Waals surface area contributed by atoms with E-state index in [-0.39, 0.29) is 24.0 Å². The van der Waals surface area contributed by atoms with Crippen LogP contribution in [0.25, 0.3) is 11.0 Å². The van der Waals surface area contributed by atoms with E-state index in [1.807, 2.05) is 32.9 Å². The third-order valence-electron chi connectivity index (χ3n) is 6.09. The van der Waals surface area contributed by atoms with Crippen molar-refractivity contribution in [1.29, 1.82) is 0 Å². The highest BCUT2D eigenvalue weighted by Gasteiger charge is 2.35. The van der Waals surface area contributed by atoms with Crippen LogP contribution in [0.2, 0.25) is 0 Å². The third kappa shape index (κ3) is 4.52. The van der Waals surface area contributed by atoms with Crippen LogP contribution < -0.4 is 11.0 Å². The Hall–Kier alpha value is -3.14. The summed E-state index contributed by atoms with van der Waals surface area (Å²) in [6.07, 6.45) is -0.0972.